The van der Waals surface area contributed by atoms with E-state index in [0.29, 0.717) is 5.56 Å². The van der Waals surface area contributed by atoms with Crippen LogP contribution in [0.1, 0.15) is 24.8 Å². The highest BCUT2D eigenvalue weighted by molar-refractivity contribution is 7.89. The van der Waals surface area contributed by atoms with E-state index in [9.17, 15) is 18.5 Å². The maximum atomic E-state index is 12.2. The summed E-state index contributed by atoms with van der Waals surface area (Å²) >= 11 is 0. The Bertz CT molecular complexity index is 623. The number of nitro benzene ring substituents is 1. The minimum Gasteiger partial charge on any atom is -0.393 e. The van der Waals surface area contributed by atoms with Crippen molar-refractivity contribution < 1.29 is 13.3 Å². The molecule has 104 valence electrons. The van der Waals surface area contributed by atoms with Crippen molar-refractivity contribution in [1.82, 2.24) is 4.72 Å². The van der Waals surface area contributed by atoms with Crippen molar-refractivity contribution in [2.75, 3.05) is 5.73 Å². The highest BCUT2D eigenvalue weighted by Gasteiger charge is 2.28. The highest BCUT2D eigenvalue weighted by atomic mass is 32.2. The highest BCUT2D eigenvalue weighted by Crippen LogP contribution is 2.29. The van der Waals surface area contributed by atoms with Gasteiger partial charge in [-0.3, -0.25) is 10.1 Å². The van der Waals surface area contributed by atoms with E-state index in [2.05, 4.69) is 4.72 Å². The van der Waals surface area contributed by atoms with Gasteiger partial charge in [-0.2, -0.15) is 0 Å². The molecule has 3 N–H and O–H groups in total. The van der Waals surface area contributed by atoms with Gasteiger partial charge in [0.15, 0.2) is 0 Å². The molecule has 0 amide bonds. The van der Waals surface area contributed by atoms with Crippen LogP contribution in [0, 0.1) is 17.0 Å². The van der Waals surface area contributed by atoms with Crippen molar-refractivity contribution in [2.24, 2.45) is 0 Å². The number of hydrogen-bond donors (Lipinski definition) is 2. The summed E-state index contributed by atoms with van der Waals surface area (Å²) in [6.45, 7) is 1.56. The lowest BCUT2D eigenvalue weighted by Crippen LogP contribution is -2.39. The van der Waals surface area contributed by atoms with Crippen LogP contribution in [-0.2, 0) is 10.0 Å². The van der Waals surface area contributed by atoms with Crippen LogP contribution in [0.15, 0.2) is 17.0 Å². The van der Waals surface area contributed by atoms with Crippen molar-refractivity contribution in [2.45, 2.75) is 37.1 Å². The Morgan fingerprint density at radius 2 is 2.05 bits per heavy atom. The topological polar surface area (TPSA) is 115 Å². The summed E-state index contributed by atoms with van der Waals surface area (Å²) in [6, 6.07) is 2.26. The zero-order chi connectivity index (χ0) is 14.2. The minimum atomic E-state index is -3.73. The molecule has 0 unspecified atom stereocenters. The minimum absolute atomic E-state index is 0.0369. The molecule has 0 aliphatic heterocycles. The number of nitrogen functional groups attached to an aromatic ring is 1. The molecule has 1 aliphatic carbocycles. The van der Waals surface area contributed by atoms with Crippen LogP contribution in [0.25, 0.3) is 0 Å². The maximum absolute atomic E-state index is 12.2. The molecular formula is C11H15N3O4S. The molecule has 0 atom stereocenters. The smallest absolute Gasteiger partial charge is 0.293 e. The molecule has 0 bridgehead atoms. The molecule has 0 saturated heterocycles. The average molecular weight is 285 g/mol. The molecule has 0 heterocycles. The van der Waals surface area contributed by atoms with E-state index in [1.54, 1.807) is 6.92 Å². The molecule has 19 heavy (non-hydrogen) atoms. The summed E-state index contributed by atoms with van der Waals surface area (Å²) in [5.74, 6) is 0. The van der Waals surface area contributed by atoms with Crippen molar-refractivity contribution in [3.63, 3.8) is 0 Å². The van der Waals surface area contributed by atoms with Gasteiger partial charge in [0.05, 0.1) is 9.82 Å². The Labute approximate surface area is 111 Å². The van der Waals surface area contributed by atoms with Gasteiger partial charge >= 0.3 is 0 Å². The number of hydrogen-bond acceptors (Lipinski definition) is 5. The molecule has 1 aromatic carbocycles. The fraction of sp³-hybridized carbons (Fsp3) is 0.455. The number of rotatable bonds is 4. The van der Waals surface area contributed by atoms with E-state index in [0.717, 1.165) is 25.3 Å². The SMILES string of the molecule is Cc1cc(N)c([N+](=O)[O-])cc1S(=O)(=O)NC1CCC1. The number of nitro groups is 1. The van der Waals surface area contributed by atoms with E-state index < -0.39 is 14.9 Å². The zero-order valence-corrected chi connectivity index (χ0v) is 11.2. The monoisotopic (exact) mass is 285 g/mol. The number of nitrogens with one attached hydrogen (secondary N) is 1. The van der Waals surface area contributed by atoms with E-state index in [1.807, 2.05) is 0 Å². The molecule has 2 rings (SSSR count). The van der Waals surface area contributed by atoms with Crippen LogP contribution in [0.4, 0.5) is 11.4 Å². The first-order valence-electron chi connectivity index (χ1n) is 5.88. The number of nitrogens with two attached hydrogens (primary N) is 1. The van der Waals surface area contributed by atoms with Crippen LogP contribution in [0.2, 0.25) is 0 Å². The summed E-state index contributed by atoms with van der Waals surface area (Å²) < 4.78 is 26.9. The molecule has 0 spiro atoms. The summed E-state index contributed by atoms with van der Waals surface area (Å²) in [5, 5.41) is 10.8. The van der Waals surface area contributed by atoms with Gasteiger partial charge in [-0.15, -0.1) is 0 Å². The summed E-state index contributed by atoms with van der Waals surface area (Å²) in [6.07, 6.45) is 2.60. The first-order chi connectivity index (χ1) is 8.81. The number of anilines is 1. The second kappa shape index (κ2) is 4.78. The first-order valence-corrected chi connectivity index (χ1v) is 7.36. The summed E-state index contributed by atoms with van der Waals surface area (Å²) in [7, 11) is -3.73. The molecule has 1 saturated carbocycles. The second-order valence-electron chi connectivity index (χ2n) is 4.68. The third-order valence-corrected chi connectivity index (χ3v) is 4.90. The van der Waals surface area contributed by atoms with Crippen LogP contribution >= 0.6 is 0 Å². The quantitative estimate of drug-likeness (QED) is 0.491. The Morgan fingerprint density at radius 3 is 2.53 bits per heavy atom. The lowest BCUT2D eigenvalue weighted by Gasteiger charge is -2.26. The Hall–Kier alpha value is -1.67. The first kappa shape index (κ1) is 13.8. The van der Waals surface area contributed by atoms with Crippen molar-refractivity contribution in [3.8, 4) is 0 Å². The molecular weight excluding hydrogens is 270 g/mol. The standard InChI is InChI=1S/C11H15N3O4S/c1-7-5-9(12)10(14(15)16)6-11(7)19(17,18)13-8-3-2-4-8/h5-6,8,13H,2-4,12H2,1H3. The fourth-order valence-corrected chi connectivity index (χ4v) is 3.51. The lowest BCUT2D eigenvalue weighted by molar-refractivity contribution is -0.384. The van der Waals surface area contributed by atoms with Crippen LogP contribution in [-0.4, -0.2) is 19.4 Å². The lowest BCUT2D eigenvalue weighted by atomic mass is 9.94. The molecule has 8 heteroatoms. The zero-order valence-electron chi connectivity index (χ0n) is 10.4. The Kier molecular flexibility index (Phi) is 3.46. The van der Waals surface area contributed by atoms with Crippen molar-refractivity contribution in [3.05, 3.63) is 27.8 Å². The molecule has 7 nitrogen and oxygen atoms in total. The third-order valence-electron chi connectivity index (χ3n) is 3.24. The number of benzene rings is 1. The van der Waals surface area contributed by atoms with Crippen LogP contribution in [0.5, 0.6) is 0 Å². The molecule has 0 radical (unpaired) electrons. The molecule has 0 aromatic heterocycles. The van der Waals surface area contributed by atoms with Crippen molar-refractivity contribution >= 4 is 21.4 Å². The van der Waals surface area contributed by atoms with Gasteiger partial charge in [0.1, 0.15) is 5.69 Å². The fourth-order valence-electron chi connectivity index (χ4n) is 1.96. The van der Waals surface area contributed by atoms with Crippen LogP contribution < -0.4 is 10.5 Å². The van der Waals surface area contributed by atoms with Gasteiger partial charge < -0.3 is 5.73 Å². The predicted molar refractivity (Wildman–Crippen MR) is 70.2 cm³/mol. The number of aryl methyl sites for hydroxylation is 1. The van der Waals surface area contributed by atoms with Gasteiger partial charge in [0.2, 0.25) is 10.0 Å². The van der Waals surface area contributed by atoms with Gasteiger partial charge in [-0.1, -0.05) is 6.42 Å². The van der Waals surface area contributed by atoms with Crippen LogP contribution in [0.3, 0.4) is 0 Å². The maximum Gasteiger partial charge on any atom is 0.293 e. The average Bonchev–Trinajstić information content (AvgIpc) is 2.22. The second-order valence-corrected chi connectivity index (χ2v) is 6.37. The molecule has 1 aliphatic rings. The van der Waals surface area contributed by atoms with E-state index >= 15 is 0 Å². The van der Waals surface area contributed by atoms with Crippen molar-refractivity contribution in [1.29, 1.82) is 0 Å². The molecule has 1 fully saturated rings. The Morgan fingerprint density at radius 1 is 1.42 bits per heavy atom. The van der Waals surface area contributed by atoms with Gasteiger partial charge in [0, 0.05) is 12.1 Å². The van der Waals surface area contributed by atoms with Gasteiger partial charge in [-0.05, 0) is 31.4 Å². The normalized spacial score (nSPS) is 16.1. The summed E-state index contributed by atoms with van der Waals surface area (Å²) in [4.78, 5) is 10.0. The van der Waals surface area contributed by atoms with E-state index in [-0.39, 0.29) is 22.3 Å². The largest absolute Gasteiger partial charge is 0.393 e. The van der Waals surface area contributed by atoms with Gasteiger partial charge in [0.25, 0.3) is 5.69 Å². The van der Waals surface area contributed by atoms with E-state index in [1.165, 1.54) is 6.07 Å². The molecule has 1 aromatic rings. The third kappa shape index (κ3) is 2.69. The van der Waals surface area contributed by atoms with E-state index in [4.69, 9.17) is 5.73 Å². The summed E-state index contributed by atoms with van der Waals surface area (Å²) in [5.41, 5.74) is 5.49. The van der Waals surface area contributed by atoms with Gasteiger partial charge in [-0.25, -0.2) is 13.1 Å². The Balaban J connectivity index is 2.43. The predicted octanol–water partition coefficient (Wildman–Crippen LogP) is 1.32. The number of sulfonamides is 1. The number of nitrogens with zero attached hydrogens (tertiary/aromatic N) is 1.